The summed E-state index contributed by atoms with van der Waals surface area (Å²) < 4.78 is 0. The zero-order valence-corrected chi connectivity index (χ0v) is 6.83. The molecule has 1 aliphatic heterocycles. The van der Waals surface area contributed by atoms with Gasteiger partial charge in [0, 0.05) is 19.5 Å². The zero-order valence-electron chi connectivity index (χ0n) is 6.83. The largest absolute Gasteiger partial charge is 0.480 e. The second-order valence-corrected chi connectivity index (χ2v) is 2.93. The summed E-state index contributed by atoms with van der Waals surface area (Å²) in [7, 11) is 0. The molecule has 0 aliphatic carbocycles. The van der Waals surface area contributed by atoms with E-state index in [1.165, 1.54) is 6.92 Å². The summed E-state index contributed by atoms with van der Waals surface area (Å²) in [6.45, 7) is 1.96. The van der Waals surface area contributed by atoms with Crippen molar-refractivity contribution in [2.24, 2.45) is 0 Å². The number of carbonyl (C=O) groups is 2. The summed E-state index contributed by atoms with van der Waals surface area (Å²) >= 11 is 0. The summed E-state index contributed by atoms with van der Waals surface area (Å²) in [5, 5.41) is 14.0. The molecule has 1 amide bonds. The van der Waals surface area contributed by atoms with Crippen molar-refractivity contribution in [3.05, 3.63) is 0 Å². The van der Waals surface area contributed by atoms with E-state index in [2.05, 4.69) is 10.6 Å². The first-order valence-corrected chi connectivity index (χ1v) is 3.83. The van der Waals surface area contributed by atoms with E-state index >= 15 is 0 Å². The standard InChI is InChI=1S/C7H12N2O3/c1-4(10)9-5-2-6(7(11)12)8-3-5/h5-6,8H,2-3H2,1H3,(H,9,10)(H,11,12)/t5-,6-/m0/s1. The summed E-state index contributed by atoms with van der Waals surface area (Å²) in [6.07, 6.45) is 0.467. The molecule has 1 aliphatic rings. The highest BCUT2D eigenvalue weighted by Crippen LogP contribution is 2.06. The minimum absolute atomic E-state index is 0.0383. The van der Waals surface area contributed by atoms with Crippen LogP contribution in [0.2, 0.25) is 0 Å². The highest BCUT2D eigenvalue weighted by Gasteiger charge is 2.29. The molecule has 1 heterocycles. The number of hydrogen-bond donors (Lipinski definition) is 3. The second kappa shape index (κ2) is 3.53. The topological polar surface area (TPSA) is 78.4 Å². The highest BCUT2D eigenvalue weighted by atomic mass is 16.4. The van der Waals surface area contributed by atoms with E-state index in [1.54, 1.807) is 0 Å². The molecule has 5 nitrogen and oxygen atoms in total. The van der Waals surface area contributed by atoms with Crippen molar-refractivity contribution in [1.29, 1.82) is 0 Å². The summed E-state index contributed by atoms with van der Waals surface area (Å²) in [5.74, 6) is -0.976. The third-order valence-corrected chi connectivity index (χ3v) is 1.84. The molecule has 0 aromatic rings. The van der Waals surface area contributed by atoms with Crippen LogP contribution in [0.5, 0.6) is 0 Å². The molecule has 0 spiro atoms. The van der Waals surface area contributed by atoms with Crippen LogP contribution in [0, 0.1) is 0 Å². The molecule has 68 valence electrons. The molecular weight excluding hydrogens is 160 g/mol. The molecule has 0 aromatic heterocycles. The van der Waals surface area contributed by atoms with Gasteiger partial charge >= 0.3 is 5.97 Å². The third-order valence-electron chi connectivity index (χ3n) is 1.84. The molecule has 12 heavy (non-hydrogen) atoms. The molecule has 5 heteroatoms. The van der Waals surface area contributed by atoms with Crippen LogP contribution in [0.25, 0.3) is 0 Å². The fraction of sp³-hybridized carbons (Fsp3) is 0.714. The molecule has 1 fully saturated rings. The molecule has 0 radical (unpaired) electrons. The van der Waals surface area contributed by atoms with Gasteiger partial charge in [0.1, 0.15) is 6.04 Å². The van der Waals surface area contributed by atoms with Crippen LogP contribution in [0.1, 0.15) is 13.3 Å². The Kier molecular flexibility index (Phi) is 2.65. The van der Waals surface area contributed by atoms with E-state index in [0.29, 0.717) is 13.0 Å². The molecular formula is C7H12N2O3. The Bertz CT molecular complexity index is 205. The van der Waals surface area contributed by atoms with Gasteiger partial charge in [-0.2, -0.15) is 0 Å². The first kappa shape index (κ1) is 8.99. The Morgan fingerprint density at radius 2 is 2.25 bits per heavy atom. The average Bonchev–Trinajstić information content (AvgIpc) is 2.34. The molecule has 2 atom stereocenters. The Morgan fingerprint density at radius 3 is 2.67 bits per heavy atom. The minimum atomic E-state index is -0.858. The number of nitrogens with one attached hydrogen (secondary N) is 2. The maximum Gasteiger partial charge on any atom is 0.320 e. The Morgan fingerprint density at radius 1 is 1.58 bits per heavy atom. The molecule has 0 unspecified atom stereocenters. The third kappa shape index (κ3) is 2.20. The maximum absolute atomic E-state index is 10.6. The van der Waals surface area contributed by atoms with Gasteiger partial charge in [0.15, 0.2) is 0 Å². The van der Waals surface area contributed by atoms with Gasteiger partial charge in [0.05, 0.1) is 0 Å². The van der Waals surface area contributed by atoms with Gasteiger partial charge < -0.3 is 15.7 Å². The molecule has 0 bridgehead atoms. The number of amides is 1. The van der Waals surface area contributed by atoms with Gasteiger partial charge in [-0.25, -0.2) is 0 Å². The van der Waals surface area contributed by atoms with Gasteiger partial charge in [0.2, 0.25) is 5.91 Å². The van der Waals surface area contributed by atoms with Crippen molar-refractivity contribution in [1.82, 2.24) is 10.6 Å². The van der Waals surface area contributed by atoms with Gasteiger partial charge in [-0.3, -0.25) is 9.59 Å². The van der Waals surface area contributed by atoms with Gasteiger partial charge in [-0.1, -0.05) is 0 Å². The number of carbonyl (C=O) groups excluding carboxylic acids is 1. The van der Waals surface area contributed by atoms with Crippen LogP contribution < -0.4 is 10.6 Å². The second-order valence-electron chi connectivity index (χ2n) is 2.93. The fourth-order valence-corrected chi connectivity index (χ4v) is 1.32. The first-order valence-electron chi connectivity index (χ1n) is 3.83. The molecule has 1 saturated heterocycles. The van der Waals surface area contributed by atoms with E-state index in [1.807, 2.05) is 0 Å². The van der Waals surface area contributed by atoms with Crippen molar-refractivity contribution >= 4 is 11.9 Å². The monoisotopic (exact) mass is 172 g/mol. The Balaban J connectivity index is 2.35. The fourth-order valence-electron chi connectivity index (χ4n) is 1.32. The van der Waals surface area contributed by atoms with Gasteiger partial charge in [-0.15, -0.1) is 0 Å². The number of carboxylic acids is 1. The zero-order chi connectivity index (χ0) is 9.14. The van der Waals surface area contributed by atoms with Crippen LogP contribution in [0.15, 0.2) is 0 Å². The van der Waals surface area contributed by atoms with Crippen LogP contribution in [0.4, 0.5) is 0 Å². The van der Waals surface area contributed by atoms with Crippen LogP contribution >= 0.6 is 0 Å². The number of aliphatic carboxylic acids is 1. The van der Waals surface area contributed by atoms with Gasteiger partial charge in [-0.05, 0) is 6.42 Å². The summed E-state index contributed by atoms with van der Waals surface area (Å²) in [4.78, 5) is 21.0. The van der Waals surface area contributed by atoms with E-state index in [9.17, 15) is 9.59 Å². The quantitative estimate of drug-likeness (QED) is 0.496. The lowest BCUT2D eigenvalue weighted by atomic mass is 10.2. The summed E-state index contributed by atoms with van der Waals surface area (Å²) in [5.41, 5.74) is 0. The van der Waals surface area contributed by atoms with Crippen LogP contribution in [-0.4, -0.2) is 35.6 Å². The SMILES string of the molecule is CC(=O)N[C@@H]1CN[C@H](C(=O)O)C1. The minimum Gasteiger partial charge on any atom is -0.480 e. The van der Waals surface area contributed by atoms with Crippen molar-refractivity contribution in [3.8, 4) is 0 Å². The smallest absolute Gasteiger partial charge is 0.320 e. The van der Waals surface area contributed by atoms with Crippen molar-refractivity contribution in [3.63, 3.8) is 0 Å². The van der Waals surface area contributed by atoms with Crippen molar-refractivity contribution in [2.75, 3.05) is 6.54 Å². The van der Waals surface area contributed by atoms with Gasteiger partial charge in [0.25, 0.3) is 0 Å². The van der Waals surface area contributed by atoms with E-state index in [0.717, 1.165) is 0 Å². The molecule has 1 rings (SSSR count). The average molecular weight is 172 g/mol. The highest BCUT2D eigenvalue weighted by molar-refractivity contribution is 5.75. The predicted molar refractivity (Wildman–Crippen MR) is 41.6 cm³/mol. The van der Waals surface area contributed by atoms with Crippen molar-refractivity contribution < 1.29 is 14.7 Å². The van der Waals surface area contributed by atoms with E-state index in [-0.39, 0.29) is 11.9 Å². The lowest BCUT2D eigenvalue weighted by Crippen LogP contribution is -2.34. The molecule has 0 saturated carbocycles. The normalized spacial score (nSPS) is 28.4. The Hall–Kier alpha value is -1.10. The van der Waals surface area contributed by atoms with Crippen LogP contribution in [-0.2, 0) is 9.59 Å². The predicted octanol–water partition coefficient (Wildman–Crippen LogP) is -1.06. The lowest BCUT2D eigenvalue weighted by Gasteiger charge is -2.07. The maximum atomic E-state index is 10.6. The number of carboxylic acid groups (broad SMARTS) is 1. The number of rotatable bonds is 2. The molecule has 0 aromatic carbocycles. The lowest BCUT2D eigenvalue weighted by molar-refractivity contribution is -0.139. The van der Waals surface area contributed by atoms with E-state index in [4.69, 9.17) is 5.11 Å². The van der Waals surface area contributed by atoms with Crippen LogP contribution in [0.3, 0.4) is 0 Å². The Labute approximate surface area is 70.1 Å². The first-order chi connectivity index (χ1) is 5.59. The van der Waals surface area contributed by atoms with Crippen molar-refractivity contribution in [2.45, 2.75) is 25.4 Å². The number of hydrogen-bond acceptors (Lipinski definition) is 3. The summed E-state index contributed by atoms with van der Waals surface area (Å²) in [6, 6.07) is -0.551. The molecule has 3 N–H and O–H groups in total. The van der Waals surface area contributed by atoms with E-state index < -0.39 is 12.0 Å².